The van der Waals surface area contributed by atoms with Crippen molar-refractivity contribution >= 4 is 11.6 Å². The van der Waals surface area contributed by atoms with Gasteiger partial charge in [0.1, 0.15) is 5.60 Å². The standard InChI is InChI=1S/C19H24O4/c1-11(2)5-7-18-16(21)12-9-13-14(20)6-8-22-19(13,18)15(10-12)17(3,4)23-18/h5,9,12,15H,6-8,10H2,1-4H3/t12-,15+,18+,19-/m1/s1. The molecule has 23 heavy (non-hydrogen) atoms. The van der Waals surface area contributed by atoms with Crippen molar-refractivity contribution in [3.8, 4) is 0 Å². The minimum absolute atomic E-state index is 0.0486. The normalized spacial score (nSPS) is 43.2. The number of ether oxygens (including phenoxy) is 2. The second-order valence-electron chi connectivity index (χ2n) is 8.11. The molecule has 124 valence electrons. The summed E-state index contributed by atoms with van der Waals surface area (Å²) < 4.78 is 12.7. The van der Waals surface area contributed by atoms with E-state index in [-0.39, 0.29) is 23.4 Å². The van der Waals surface area contributed by atoms with Crippen molar-refractivity contribution < 1.29 is 19.1 Å². The maximum Gasteiger partial charge on any atom is 0.175 e. The Balaban J connectivity index is 1.97. The van der Waals surface area contributed by atoms with Crippen LogP contribution in [0.1, 0.15) is 47.0 Å². The largest absolute Gasteiger partial charge is 0.366 e. The molecular formula is C19H24O4. The SMILES string of the molecule is CC(C)=CC[C@@]12OC(C)(C)[C@@H]3C[C@@H](C=C4C(=O)CCO[C@]431)C2=O. The van der Waals surface area contributed by atoms with E-state index in [9.17, 15) is 9.59 Å². The smallest absolute Gasteiger partial charge is 0.175 e. The monoisotopic (exact) mass is 316 g/mol. The molecule has 2 saturated heterocycles. The molecule has 0 aromatic heterocycles. The Kier molecular flexibility index (Phi) is 2.94. The van der Waals surface area contributed by atoms with Crippen LogP contribution in [0.4, 0.5) is 0 Å². The van der Waals surface area contributed by atoms with Gasteiger partial charge in [0, 0.05) is 30.3 Å². The van der Waals surface area contributed by atoms with Crippen LogP contribution < -0.4 is 0 Å². The van der Waals surface area contributed by atoms with Crippen LogP contribution in [-0.2, 0) is 19.1 Å². The van der Waals surface area contributed by atoms with Gasteiger partial charge in [-0.25, -0.2) is 0 Å². The highest BCUT2D eigenvalue weighted by atomic mass is 16.6. The quantitative estimate of drug-likeness (QED) is 0.735. The van der Waals surface area contributed by atoms with Crippen molar-refractivity contribution in [1.29, 1.82) is 0 Å². The predicted octanol–water partition coefficient (Wildman–Crippen LogP) is 2.76. The van der Waals surface area contributed by atoms with Gasteiger partial charge in [-0.05, 0) is 34.1 Å². The Labute approximate surface area is 136 Å². The highest BCUT2D eigenvalue weighted by Crippen LogP contribution is 2.66. The minimum Gasteiger partial charge on any atom is -0.366 e. The third-order valence-corrected chi connectivity index (χ3v) is 6.12. The summed E-state index contributed by atoms with van der Waals surface area (Å²) in [6.07, 6.45) is 5.53. The summed E-state index contributed by atoms with van der Waals surface area (Å²) >= 11 is 0. The fourth-order valence-electron chi connectivity index (χ4n) is 5.26. The van der Waals surface area contributed by atoms with E-state index >= 15 is 0 Å². The molecule has 0 amide bonds. The van der Waals surface area contributed by atoms with Crippen molar-refractivity contribution in [2.45, 2.75) is 63.8 Å². The molecule has 3 fully saturated rings. The van der Waals surface area contributed by atoms with Gasteiger partial charge in [0.25, 0.3) is 0 Å². The van der Waals surface area contributed by atoms with Crippen molar-refractivity contribution in [1.82, 2.24) is 0 Å². The number of hydrogen-bond acceptors (Lipinski definition) is 4. The van der Waals surface area contributed by atoms with E-state index in [1.54, 1.807) is 0 Å². The van der Waals surface area contributed by atoms with Crippen LogP contribution in [0.15, 0.2) is 23.3 Å². The van der Waals surface area contributed by atoms with Crippen LogP contribution >= 0.6 is 0 Å². The number of carbonyl (C=O) groups is 2. The Morgan fingerprint density at radius 3 is 2.78 bits per heavy atom. The van der Waals surface area contributed by atoms with Gasteiger partial charge in [0.05, 0.1) is 12.2 Å². The third kappa shape index (κ3) is 1.64. The highest BCUT2D eigenvalue weighted by Gasteiger charge is 2.79. The first-order valence-corrected chi connectivity index (χ1v) is 8.52. The summed E-state index contributed by atoms with van der Waals surface area (Å²) in [5, 5.41) is 0. The maximum absolute atomic E-state index is 13.2. The van der Waals surface area contributed by atoms with Crippen molar-refractivity contribution in [2.75, 3.05) is 6.61 Å². The van der Waals surface area contributed by atoms with E-state index in [4.69, 9.17) is 9.47 Å². The van der Waals surface area contributed by atoms with Gasteiger partial charge in [-0.1, -0.05) is 17.7 Å². The first kappa shape index (κ1) is 15.3. The van der Waals surface area contributed by atoms with Crippen molar-refractivity contribution in [2.24, 2.45) is 11.8 Å². The highest BCUT2D eigenvalue weighted by molar-refractivity contribution is 6.07. The van der Waals surface area contributed by atoms with Gasteiger partial charge in [-0.3, -0.25) is 9.59 Å². The Morgan fingerprint density at radius 2 is 2.09 bits per heavy atom. The van der Waals surface area contributed by atoms with E-state index in [1.165, 1.54) is 0 Å². The van der Waals surface area contributed by atoms with Gasteiger partial charge in [-0.2, -0.15) is 0 Å². The topological polar surface area (TPSA) is 52.6 Å². The number of hydrogen-bond donors (Lipinski definition) is 0. The van der Waals surface area contributed by atoms with Crippen LogP contribution in [0.5, 0.6) is 0 Å². The van der Waals surface area contributed by atoms with Gasteiger partial charge in [0.2, 0.25) is 0 Å². The number of rotatable bonds is 2. The molecule has 2 aliphatic heterocycles. The molecule has 4 bridgehead atoms. The van der Waals surface area contributed by atoms with Crippen molar-refractivity contribution in [3.63, 3.8) is 0 Å². The Bertz CT molecular complexity index is 667. The van der Waals surface area contributed by atoms with E-state index < -0.39 is 16.8 Å². The second-order valence-corrected chi connectivity index (χ2v) is 8.11. The summed E-state index contributed by atoms with van der Waals surface area (Å²) in [6.45, 7) is 8.47. The summed E-state index contributed by atoms with van der Waals surface area (Å²) in [4.78, 5) is 25.8. The molecule has 0 unspecified atom stereocenters. The maximum atomic E-state index is 13.2. The molecule has 2 heterocycles. The van der Waals surface area contributed by atoms with Crippen LogP contribution in [0.3, 0.4) is 0 Å². The van der Waals surface area contributed by atoms with Gasteiger partial charge in [-0.15, -0.1) is 0 Å². The lowest BCUT2D eigenvalue weighted by atomic mass is 9.51. The minimum atomic E-state index is -1.04. The number of allylic oxidation sites excluding steroid dienone is 2. The molecule has 1 spiro atoms. The molecule has 1 saturated carbocycles. The zero-order valence-electron chi connectivity index (χ0n) is 14.3. The summed E-state index contributed by atoms with van der Waals surface area (Å²) in [5.41, 5.74) is -0.554. The second kappa shape index (κ2) is 4.42. The predicted molar refractivity (Wildman–Crippen MR) is 84.9 cm³/mol. The summed E-state index contributed by atoms with van der Waals surface area (Å²) in [7, 11) is 0. The average molecular weight is 316 g/mol. The van der Waals surface area contributed by atoms with Gasteiger partial charge in [0.15, 0.2) is 17.2 Å². The Morgan fingerprint density at radius 1 is 1.35 bits per heavy atom. The zero-order valence-corrected chi connectivity index (χ0v) is 14.3. The van der Waals surface area contributed by atoms with Crippen LogP contribution in [0.2, 0.25) is 0 Å². The van der Waals surface area contributed by atoms with E-state index in [0.29, 0.717) is 25.0 Å². The molecular weight excluding hydrogens is 292 g/mol. The molecule has 4 heteroatoms. The molecule has 0 aromatic rings. The van der Waals surface area contributed by atoms with Crippen molar-refractivity contribution in [3.05, 3.63) is 23.3 Å². The number of Topliss-reactive ketones (excluding diaryl/α,β-unsaturated/α-hetero) is 2. The third-order valence-electron chi connectivity index (χ3n) is 6.12. The molecule has 3 aliphatic carbocycles. The molecule has 5 rings (SSSR count). The molecule has 4 atom stereocenters. The number of ketones is 2. The van der Waals surface area contributed by atoms with Gasteiger partial charge >= 0.3 is 0 Å². The lowest BCUT2D eigenvalue weighted by molar-refractivity contribution is -0.193. The molecule has 0 radical (unpaired) electrons. The fourth-order valence-corrected chi connectivity index (χ4v) is 5.26. The summed E-state index contributed by atoms with van der Waals surface area (Å²) in [5.74, 6) is 0.0546. The first-order valence-electron chi connectivity index (χ1n) is 8.52. The number of carbonyl (C=O) groups excluding carboxylic acids is 2. The van der Waals surface area contributed by atoms with Crippen LogP contribution in [0.25, 0.3) is 0 Å². The average Bonchev–Trinajstić information content (AvgIpc) is 2.64. The zero-order chi connectivity index (χ0) is 16.6. The van der Waals surface area contributed by atoms with E-state index in [1.807, 2.05) is 39.8 Å². The van der Waals surface area contributed by atoms with E-state index in [2.05, 4.69) is 0 Å². The summed E-state index contributed by atoms with van der Waals surface area (Å²) in [6, 6.07) is 0. The molecule has 5 aliphatic rings. The van der Waals surface area contributed by atoms with E-state index in [0.717, 1.165) is 12.0 Å². The Hall–Kier alpha value is -1.26. The lowest BCUT2D eigenvalue weighted by Crippen LogP contribution is -2.70. The molecule has 4 nitrogen and oxygen atoms in total. The molecule has 0 aromatic carbocycles. The van der Waals surface area contributed by atoms with Crippen LogP contribution in [0, 0.1) is 11.8 Å². The molecule has 0 N–H and O–H groups in total. The fraction of sp³-hybridized carbons (Fsp3) is 0.684. The van der Waals surface area contributed by atoms with Gasteiger partial charge < -0.3 is 9.47 Å². The first-order chi connectivity index (χ1) is 10.7. The van der Waals surface area contributed by atoms with Crippen LogP contribution in [-0.4, -0.2) is 35.0 Å². The lowest BCUT2D eigenvalue weighted by Gasteiger charge is -2.56.